The van der Waals surface area contributed by atoms with E-state index in [4.69, 9.17) is 0 Å². The maximum Gasteiger partial charge on any atom is 0.252 e. The second-order valence-electron chi connectivity index (χ2n) is 5.51. The van der Waals surface area contributed by atoms with E-state index in [9.17, 15) is 13.2 Å². The van der Waals surface area contributed by atoms with Gasteiger partial charge < -0.3 is 4.57 Å². The molecule has 7 heteroatoms. The number of carbonyl (C=O) groups is 1. The highest BCUT2D eigenvalue weighted by atomic mass is 32.2. The molecule has 124 valence electrons. The SMILES string of the molecule is Cn1c(=NC(=O)Cc2ccc(S(C)(=O)=O)cc2)sc2ccccc21. The number of benzene rings is 2. The molecule has 0 saturated heterocycles. The molecule has 0 unspecified atom stereocenters. The summed E-state index contributed by atoms with van der Waals surface area (Å²) in [6.45, 7) is 0. The molecular weight excluding hydrogens is 344 g/mol. The van der Waals surface area contributed by atoms with Gasteiger partial charge in [-0.25, -0.2) is 8.42 Å². The third-order valence-electron chi connectivity index (χ3n) is 3.64. The molecule has 0 saturated carbocycles. The van der Waals surface area contributed by atoms with E-state index in [1.807, 2.05) is 35.9 Å². The molecule has 0 radical (unpaired) electrons. The summed E-state index contributed by atoms with van der Waals surface area (Å²) in [5.41, 5.74) is 1.77. The number of aromatic nitrogens is 1. The van der Waals surface area contributed by atoms with Crippen molar-refractivity contribution in [2.75, 3.05) is 6.26 Å². The molecule has 0 fully saturated rings. The zero-order valence-electron chi connectivity index (χ0n) is 13.3. The Morgan fingerprint density at radius 1 is 1.12 bits per heavy atom. The minimum absolute atomic E-state index is 0.137. The van der Waals surface area contributed by atoms with Gasteiger partial charge in [0.05, 0.1) is 21.5 Å². The van der Waals surface area contributed by atoms with Crippen molar-refractivity contribution in [1.82, 2.24) is 4.57 Å². The first kappa shape index (κ1) is 16.6. The Kier molecular flexibility index (Phi) is 4.38. The van der Waals surface area contributed by atoms with E-state index >= 15 is 0 Å². The molecule has 0 aliphatic rings. The van der Waals surface area contributed by atoms with Crippen LogP contribution in [0, 0.1) is 0 Å². The Bertz CT molecular complexity index is 1070. The predicted molar refractivity (Wildman–Crippen MR) is 94.6 cm³/mol. The van der Waals surface area contributed by atoms with Gasteiger partial charge in [0.15, 0.2) is 14.6 Å². The molecule has 3 rings (SSSR count). The Morgan fingerprint density at radius 3 is 2.42 bits per heavy atom. The first-order valence-electron chi connectivity index (χ1n) is 7.26. The van der Waals surface area contributed by atoms with Gasteiger partial charge in [-0.05, 0) is 29.8 Å². The summed E-state index contributed by atoms with van der Waals surface area (Å²) >= 11 is 1.46. The van der Waals surface area contributed by atoms with Crippen LogP contribution in [0.15, 0.2) is 58.4 Å². The van der Waals surface area contributed by atoms with E-state index in [0.717, 1.165) is 22.0 Å². The van der Waals surface area contributed by atoms with Crippen molar-refractivity contribution in [2.45, 2.75) is 11.3 Å². The van der Waals surface area contributed by atoms with E-state index in [2.05, 4.69) is 4.99 Å². The molecule has 0 aliphatic heterocycles. The minimum atomic E-state index is -3.23. The quantitative estimate of drug-likeness (QED) is 0.720. The maximum absolute atomic E-state index is 12.2. The Labute approximate surface area is 143 Å². The summed E-state index contributed by atoms with van der Waals surface area (Å²) in [6, 6.07) is 14.2. The Morgan fingerprint density at radius 2 is 1.79 bits per heavy atom. The summed E-state index contributed by atoms with van der Waals surface area (Å²) in [7, 11) is -1.35. The van der Waals surface area contributed by atoms with E-state index in [1.165, 1.54) is 23.5 Å². The monoisotopic (exact) mass is 360 g/mol. The Balaban J connectivity index is 1.85. The number of thiazole rings is 1. The first-order chi connectivity index (χ1) is 11.3. The fourth-order valence-electron chi connectivity index (χ4n) is 2.36. The van der Waals surface area contributed by atoms with Crippen molar-refractivity contribution in [3.05, 3.63) is 58.9 Å². The number of carbonyl (C=O) groups excluding carboxylic acids is 1. The van der Waals surface area contributed by atoms with Gasteiger partial charge in [0.2, 0.25) is 0 Å². The molecule has 0 bridgehead atoms. The molecule has 0 spiro atoms. The summed E-state index contributed by atoms with van der Waals surface area (Å²) in [4.78, 5) is 17.3. The van der Waals surface area contributed by atoms with E-state index in [-0.39, 0.29) is 17.2 Å². The van der Waals surface area contributed by atoms with Gasteiger partial charge in [-0.2, -0.15) is 4.99 Å². The largest absolute Gasteiger partial charge is 0.319 e. The van der Waals surface area contributed by atoms with Gasteiger partial charge in [-0.3, -0.25) is 4.79 Å². The van der Waals surface area contributed by atoms with Crippen molar-refractivity contribution >= 4 is 37.3 Å². The fourth-order valence-corrected chi connectivity index (χ4v) is 4.03. The molecule has 3 aromatic rings. The standard InChI is InChI=1S/C17H16N2O3S2/c1-19-14-5-3-4-6-15(14)23-17(19)18-16(20)11-12-7-9-13(10-8-12)24(2,21)22/h3-10H,11H2,1-2H3. The van der Waals surface area contributed by atoms with Crippen LogP contribution >= 0.6 is 11.3 Å². The molecule has 1 heterocycles. The van der Waals surface area contributed by atoms with Crippen molar-refractivity contribution in [3.63, 3.8) is 0 Å². The number of nitrogens with zero attached hydrogens (tertiary/aromatic N) is 2. The molecule has 0 atom stereocenters. The third kappa shape index (κ3) is 3.47. The number of para-hydroxylation sites is 1. The predicted octanol–water partition coefficient (Wildman–Crippen LogP) is 2.31. The van der Waals surface area contributed by atoms with Crippen LogP contribution in [-0.2, 0) is 28.1 Å². The lowest BCUT2D eigenvalue weighted by atomic mass is 10.1. The van der Waals surface area contributed by atoms with Gasteiger partial charge >= 0.3 is 0 Å². The molecule has 0 N–H and O–H groups in total. The molecule has 5 nitrogen and oxygen atoms in total. The molecule has 24 heavy (non-hydrogen) atoms. The average molecular weight is 360 g/mol. The lowest BCUT2D eigenvalue weighted by Crippen LogP contribution is -2.14. The van der Waals surface area contributed by atoms with Crippen LogP contribution in [-0.4, -0.2) is 25.1 Å². The van der Waals surface area contributed by atoms with Crippen LogP contribution in [0.2, 0.25) is 0 Å². The Hall–Kier alpha value is -2.25. The summed E-state index contributed by atoms with van der Waals surface area (Å²) in [5.74, 6) is -0.260. The lowest BCUT2D eigenvalue weighted by Gasteiger charge is -2.00. The zero-order chi connectivity index (χ0) is 17.3. The molecule has 2 aromatic carbocycles. The normalized spacial score (nSPS) is 12.7. The minimum Gasteiger partial charge on any atom is -0.319 e. The molecular formula is C17H16N2O3S2. The van der Waals surface area contributed by atoms with Crippen LogP contribution in [0.5, 0.6) is 0 Å². The number of hydrogen-bond donors (Lipinski definition) is 0. The van der Waals surface area contributed by atoms with Crippen molar-refractivity contribution in [2.24, 2.45) is 12.0 Å². The van der Waals surface area contributed by atoms with Crippen LogP contribution in [0.25, 0.3) is 10.2 Å². The fraction of sp³-hybridized carbons (Fsp3) is 0.176. The van der Waals surface area contributed by atoms with Gasteiger partial charge in [0.1, 0.15) is 0 Å². The zero-order valence-corrected chi connectivity index (χ0v) is 14.9. The van der Waals surface area contributed by atoms with E-state index in [1.54, 1.807) is 12.1 Å². The number of sulfone groups is 1. The number of fused-ring (bicyclic) bond motifs is 1. The topological polar surface area (TPSA) is 68.5 Å². The molecule has 0 aliphatic carbocycles. The second kappa shape index (κ2) is 6.33. The summed E-state index contributed by atoms with van der Waals surface area (Å²) < 4.78 is 25.9. The van der Waals surface area contributed by atoms with Crippen LogP contribution in [0.3, 0.4) is 0 Å². The van der Waals surface area contributed by atoms with Crippen LogP contribution in [0.4, 0.5) is 0 Å². The highest BCUT2D eigenvalue weighted by Gasteiger charge is 2.09. The van der Waals surface area contributed by atoms with E-state index in [0.29, 0.717) is 4.80 Å². The van der Waals surface area contributed by atoms with E-state index < -0.39 is 9.84 Å². The van der Waals surface area contributed by atoms with Crippen molar-refractivity contribution in [3.8, 4) is 0 Å². The summed E-state index contributed by atoms with van der Waals surface area (Å²) in [6.07, 6.45) is 1.29. The summed E-state index contributed by atoms with van der Waals surface area (Å²) in [5, 5.41) is 0. The van der Waals surface area contributed by atoms with Gasteiger partial charge in [-0.1, -0.05) is 35.6 Å². The van der Waals surface area contributed by atoms with Crippen molar-refractivity contribution in [1.29, 1.82) is 0 Å². The van der Waals surface area contributed by atoms with Crippen LogP contribution in [0.1, 0.15) is 5.56 Å². The van der Waals surface area contributed by atoms with Gasteiger partial charge in [0.25, 0.3) is 5.91 Å². The smallest absolute Gasteiger partial charge is 0.252 e. The highest BCUT2D eigenvalue weighted by molar-refractivity contribution is 7.90. The highest BCUT2D eigenvalue weighted by Crippen LogP contribution is 2.15. The number of amides is 1. The number of aryl methyl sites for hydroxylation is 1. The molecule has 1 amide bonds. The number of rotatable bonds is 3. The van der Waals surface area contributed by atoms with Crippen molar-refractivity contribution < 1.29 is 13.2 Å². The third-order valence-corrected chi connectivity index (χ3v) is 5.88. The van der Waals surface area contributed by atoms with Gasteiger partial charge in [-0.15, -0.1) is 0 Å². The van der Waals surface area contributed by atoms with Gasteiger partial charge in [0, 0.05) is 13.3 Å². The molecule has 1 aromatic heterocycles. The van der Waals surface area contributed by atoms with Crippen LogP contribution < -0.4 is 4.80 Å². The average Bonchev–Trinajstić information content (AvgIpc) is 2.83. The lowest BCUT2D eigenvalue weighted by molar-refractivity contribution is -0.117. The first-order valence-corrected chi connectivity index (χ1v) is 9.96. The number of hydrogen-bond acceptors (Lipinski definition) is 4. The maximum atomic E-state index is 12.2. The second-order valence-corrected chi connectivity index (χ2v) is 8.53.